The van der Waals surface area contributed by atoms with E-state index in [4.69, 9.17) is 0 Å². The molecular formula is C21H17NO3S. The second-order valence-corrected chi connectivity index (χ2v) is 6.70. The first-order valence-corrected chi connectivity index (χ1v) is 8.83. The first-order valence-electron chi connectivity index (χ1n) is 8.01. The van der Waals surface area contributed by atoms with E-state index in [0.717, 1.165) is 11.1 Å². The van der Waals surface area contributed by atoms with Gasteiger partial charge in [-0.25, -0.2) is 4.79 Å². The molecule has 0 aliphatic carbocycles. The Balaban J connectivity index is 2.14. The van der Waals surface area contributed by atoms with Gasteiger partial charge in [-0.3, -0.25) is 4.79 Å². The molecule has 5 heteroatoms. The van der Waals surface area contributed by atoms with Crippen LogP contribution in [0.25, 0.3) is 11.1 Å². The van der Waals surface area contributed by atoms with Gasteiger partial charge in [-0.05, 0) is 35.4 Å². The van der Waals surface area contributed by atoms with Crippen molar-refractivity contribution in [3.05, 3.63) is 88.6 Å². The van der Waals surface area contributed by atoms with Gasteiger partial charge >= 0.3 is 5.97 Å². The molecule has 0 aromatic heterocycles. The fraction of sp³-hybridized carbons (Fsp3) is 0.0476. The van der Waals surface area contributed by atoms with E-state index in [0.29, 0.717) is 15.5 Å². The van der Waals surface area contributed by atoms with E-state index in [1.807, 2.05) is 42.5 Å². The molecule has 0 saturated heterocycles. The average Bonchev–Trinajstić information content (AvgIpc) is 2.81. The summed E-state index contributed by atoms with van der Waals surface area (Å²) in [7, 11) is 1.71. The molecule has 0 unspecified atom stereocenters. The predicted molar refractivity (Wildman–Crippen MR) is 105 cm³/mol. The van der Waals surface area contributed by atoms with Gasteiger partial charge in [0.15, 0.2) is 0 Å². The van der Waals surface area contributed by atoms with Crippen molar-refractivity contribution in [1.29, 1.82) is 0 Å². The minimum atomic E-state index is -0.991. The molecule has 130 valence electrons. The molecule has 0 aliphatic heterocycles. The maximum absolute atomic E-state index is 12.5. The number of nitrogens with one attached hydrogen (secondary N) is 1. The third-order valence-electron chi connectivity index (χ3n) is 3.86. The summed E-state index contributed by atoms with van der Waals surface area (Å²) in [5, 5.41) is 12.3. The molecule has 0 spiro atoms. The Bertz CT molecular complexity index is 1000. The highest BCUT2D eigenvalue weighted by Gasteiger charge is 2.11. The number of hydrogen-bond acceptors (Lipinski definition) is 4. The van der Waals surface area contributed by atoms with Gasteiger partial charge in [-0.2, -0.15) is 0 Å². The number of aromatic carboxylic acids is 1. The highest BCUT2D eigenvalue weighted by atomic mass is 32.2. The normalized spacial score (nSPS) is 10.3. The van der Waals surface area contributed by atoms with E-state index in [2.05, 4.69) is 5.32 Å². The lowest BCUT2D eigenvalue weighted by Gasteiger charge is -2.05. The van der Waals surface area contributed by atoms with Crippen LogP contribution in [0.4, 0.5) is 5.69 Å². The van der Waals surface area contributed by atoms with Gasteiger partial charge in [0.25, 0.3) is 0 Å². The standard InChI is InChI=1S/C21H17NO3S/c1-22-18-12-15(14-7-3-2-4-8-14)11-16(13-19(18)23)26-20-10-6-5-9-17(20)21(24)25/h2-13H,1H3,(H,22,23)(H,24,25). The zero-order valence-electron chi connectivity index (χ0n) is 14.1. The first kappa shape index (κ1) is 17.8. The maximum atomic E-state index is 12.5. The van der Waals surface area contributed by atoms with Crippen LogP contribution in [0.5, 0.6) is 0 Å². The Labute approximate surface area is 155 Å². The van der Waals surface area contributed by atoms with Crippen molar-refractivity contribution in [1.82, 2.24) is 0 Å². The molecule has 0 atom stereocenters. The summed E-state index contributed by atoms with van der Waals surface area (Å²) in [5.41, 5.74) is 2.42. The summed E-state index contributed by atoms with van der Waals surface area (Å²) < 4.78 is 0. The van der Waals surface area contributed by atoms with Crippen molar-refractivity contribution >= 4 is 23.4 Å². The Morgan fingerprint density at radius 1 is 0.923 bits per heavy atom. The second kappa shape index (κ2) is 7.89. The molecule has 3 rings (SSSR count). The molecule has 26 heavy (non-hydrogen) atoms. The lowest BCUT2D eigenvalue weighted by Crippen LogP contribution is -2.03. The molecule has 0 bridgehead atoms. The Morgan fingerprint density at radius 3 is 2.31 bits per heavy atom. The largest absolute Gasteiger partial charge is 0.478 e. The number of hydrogen-bond donors (Lipinski definition) is 2. The summed E-state index contributed by atoms with van der Waals surface area (Å²) >= 11 is 1.27. The van der Waals surface area contributed by atoms with E-state index in [-0.39, 0.29) is 11.0 Å². The molecule has 4 nitrogen and oxygen atoms in total. The number of carbonyl (C=O) groups is 1. The minimum Gasteiger partial charge on any atom is -0.478 e. The monoisotopic (exact) mass is 363 g/mol. The summed E-state index contributed by atoms with van der Waals surface area (Å²) in [6.07, 6.45) is 0. The highest BCUT2D eigenvalue weighted by molar-refractivity contribution is 7.99. The first-order chi connectivity index (χ1) is 12.6. The number of carboxylic acid groups (broad SMARTS) is 1. The fourth-order valence-corrected chi connectivity index (χ4v) is 3.60. The molecule has 0 radical (unpaired) electrons. The van der Waals surface area contributed by atoms with Gasteiger partial charge in [0, 0.05) is 22.9 Å². The maximum Gasteiger partial charge on any atom is 0.336 e. The van der Waals surface area contributed by atoms with Gasteiger partial charge in [0.1, 0.15) is 0 Å². The summed E-state index contributed by atoms with van der Waals surface area (Å²) in [6, 6.07) is 21.8. The number of anilines is 1. The van der Waals surface area contributed by atoms with E-state index < -0.39 is 5.97 Å². The molecule has 3 aromatic carbocycles. The zero-order chi connectivity index (χ0) is 18.5. The average molecular weight is 363 g/mol. The number of carboxylic acids is 1. The second-order valence-electron chi connectivity index (χ2n) is 5.59. The molecule has 0 heterocycles. The molecule has 0 aliphatic rings. The number of benzene rings is 2. The fourth-order valence-electron chi connectivity index (χ4n) is 2.58. The van der Waals surface area contributed by atoms with Crippen LogP contribution in [-0.4, -0.2) is 18.1 Å². The molecule has 0 amide bonds. The van der Waals surface area contributed by atoms with Crippen LogP contribution in [0.1, 0.15) is 10.4 Å². The van der Waals surface area contributed by atoms with Crippen molar-refractivity contribution in [2.45, 2.75) is 9.79 Å². The van der Waals surface area contributed by atoms with E-state index in [1.165, 1.54) is 17.8 Å². The van der Waals surface area contributed by atoms with Crippen LogP contribution in [-0.2, 0) is 0 Å². The molecule has 0 fully saturated rings. The quantitative estimate of drug-likeness (QED) is 0.693. The predicted octanol–water partition coefficient (Wildman–Crippen LogP) is 4.60. The van der Waals surface area contributed by atoms with Crippen LogP contribution >= 0.6 is 11.8 Å². The van der Waals surface area contributed by atoms with Crippen molar-refractivity contribution in [3.8, 4) is 11.1 Å². The Kier molecular flexibility index (Phi) is 5.39. The lowest BCUT2D eigenvalue weighted by molar-refractivity contribution is 0.0693. The van der Waals surface area contributed by atoms with Crippen LogP contribution in [0, 0.1) is 0 Å². The third-order valence-corrected chi connectivity index (χ3v) is 4.91. The molecular weight excluding hydrogens is 346 g/mol. The van der Waals surface area contributed by atoms with Crippen molar-refractivity contribution < 1.29 is 9.90 Å². The van der Waals surface area contributed by atoms with Gasteiger partial charge in [0.05, 0.1) is 11.3 Å². The van der Waals surface area contributed by atoms with Gasteiger partial charge < -0.3 is 10.4 Å². The summed E-state index contributed by atoms with van der Waals surface area (Å²) in [6.45, 7) is 0. The van der Waals surface area contributed by atoms with E-state index in [9.17, 15) is 14.7 Å². The summed E-state index contributed by atoms with van der Waals surface area (Å²) in [5.74, 6) is -0.991. The highest BCUT2D eigenvalue weighted by Crippen LogP contribution is 2.32. The van der Waals surface area contributed by atoms with E-state index in [1.54, 1.807) is 31.3 Å². The van der Waals surface area contributed by atoms with Gasteiger partial charge in [-0.1, -0.05) is 54.2 Å². The molecule has 3 aromatic rings. The third kappa shape index (κ3) is 3.95. The SMILES string of the molecule is CNc1cc(-c2ccccc2)cc(Sc2ccccc2C(=O)O)cc1=O. The smallest absolute Gasteiger partial charge is 0.336 e. The van der Waals surface area contributed by atoms with Crippen LogP contribution in [0.2, 0.25) is 0 Å². The van der Waals surface area contributed by atoms with Crippen molar-refractivity contribution in [2.24, 2.45) is 0 Å². The van der Waals surface area contributed by atoms with Gasteiger partial charge in [-0.15, -0.1) is 0 Å². The van der Waals surface area contributed by atoms with Crippen LogP contribution in [0.3, 0.4) is 0 Å². The number of rotatable bonds is 5. The molecule has 2 N–H and O–H groups in total. The van der Waals surface area contributed by atoms with Crippen LogP contribution < -0.4 is 10.7 Å². The Hall–Kier alpha value is -3.05. The van der Waals surface area contributed by atoms with Crippen LogP contribution in [0.15, 0.2) is 87.4 Å². The topological polar surface area (TPSA) is 66.4 Å². The van der Waals surface area contributed by atoms with Gasteiger partial charge in [0.2, 0.25) is 5.43 Å². The van der Waals surface area contributed by atoms with E-state index >= 15 is 0 Å². The molecule has 0 saturated carbocycles. The van der Waals surface area contributed by atoms with Crippen molar-refractivity contribution in [3.63, 3.8) is 0 Å². The lowest BCUT2D eigenvalue weighted by atomic mass is 10.1. The Morgan fingerprint density at radius 2 is 1.62 bits per heavy atom. The summed E-state index contributed by atoms with van der Waals surface area (Å²) in [4.78, 5) is 25.2. The van der Waals surface area contributed by atoms with Crippen molar-refractivity contribution in [2.75, 3.05) is 12.4 Å². The minimum absolute atomic E-state index is 0.148. The zero-order valence-corrected chi connectivity index (χ0v) is 14.9.